The summed E-state index contributed by atoms with van der Waals surface area (Å²) in [6.45, 7) is 0. The van der Waals surface area contributed by atoms with Crippen LogP contribution in [-0.2, 0) is 7.05 Å². The Morgan fingerprint density at radius 1 is 1.33 bits per heavy atom. The topological polar surface area (TPSA) is 80.9 Å². The van der Waals surface area contributed by atoms with Crippen LogP contribution in [0, 0.1) is 0 Å². The number of hydrogen-bond acceptors (Lipinski definition) is 4. The van der Waals surface area contributed by atoms with Crippen molar-refractivity contribution in [3.05, 3.63) is 29.8 Å². The van der Waals surface area contributed by atoms with Crippen LogP contribution in [0.1, 0.15) is 10.4 Å². The summed E-state index contributed by atoms with van der Waals surface area (Å²) < 4.78 is 0. The van der Waals surface area contributed by atoms with Crippen molar-refractivity contribution in [3.8, 4) is 11.4 Å². The first-order valence-corrected chi connectivity index (χ1v) is 4.24. The minimum atomic E-state index is -0.950. The predicted octanol–water partition coefficient (Wildman–Crippen LogP) is 0.575. The van der Waals surface area contributed by atoms with Crippen molar-refractivity contribution in [2.24, 2.45) is 7.05 Å². The van der Waals surface area contributed by atoms with E-state index in [-0.39, 0.29) is 5.56 Å². The van der Waals surface area contributed by atoms with Crippen molar-refractivity contribution in [1.29, 1.82) is 0 Å². The summed E-state index contributed by atoms with van der Waals surface area (Å²) >= 11 is 0. The SMILES string of the molecule is Cn1nnc(-c2ccc(C(=O)O)cc2)n1. The lowest BCUT2D eigenvalue weighted by Gasteiger charge is -1.95. The Morgan fingerprint density at radius 2 is 2.00 bits per heavy atom. The van der Waals surface area contributed by atoms with Gasteiger partial charge in [-0.3, -0.25) is 0 Å². The van der Waals surface area contributed by atoms with Crippen LogP contribution in [0.5, 0.6) is 0 Å². The third-order valence-electron chi connectivity index (χ3n) is 1.90. The van der Waals surface area contributed by atoms with E-state index in [1.807, 2.05) is 0 Å². The van der Waals surface area contributed by atoms with Crippen LogP contribution in [0.4, 0.5) is 0 Å². The number of rotatable bonds is 2. The maximum Gasteiger partial charge on any atom is 0.335 e. The van der Waals surface area contributed by atoms with Crippen LogP contribution in [0.2, 0.25) is 0 Å². The van der Waals surface area contributed by atoms with E-state index < -0.39 is 5.97 Å². The Bertz CT molecular complexity index is 489. The Hall–Kier alpha value is -2.24. The van der Waals surface area contributed by atoms with Gasteiger partial charge in [-0.25, -0.2) is 4.79 Å². The number of carboxylic acid groups (broad SMARTS) is 1. The number of carboxylic acids is 1. The molecule has 0 fully saturated rings. The fraction of sp³-hybridized carbons (Fsp3) is 0.111. The largest absolute Gasteiger partial charge is 0.478 e. The van der Waals surface area contributed by atoms with Gasteiger partial charge in [-0.15, -0.1) is 10.2 Å². The van der Waals surface area contributed by atoms with Gasteiger partial charge in [0.1, 0.15) is 0 Å². The van der Waals surface area contributed by atoms with Gasteiger partial charge in [0, 0.05) is 5.56 Å². The summed E-state index contributed by atoms with van der Waals surface area (Å²) in [5.74, 6) is -0.469. The van der Waals surface area contributed by atoms with Gasteiger partial charge in [-0.2, -0.15) is 4.80 Å². The van der Waals surface area contributed by atoms with Crippen molar-refractivity contribution in [1.82, 2.24) is 20.2 Å². The van der Waals surface area contributed by atoms with Crippen molar-refractivity contribution in [2.75, 3.05) is 0 Å². The minimum absolute atomic E-state index is 0.239. The summed E-state index contributed by atoms with van der Waals surface area (Å²) in [5, 5.41) is 20.2. The Morgan fingerprint density at radius 3 is 2.47 bits per heavy atom. The maximum absolute atomic E-state index is 10.6. The van der Waals surface area contributed by atoms with E-state index in [4.69, 9.17) is 5.11 Å². The van der Waals surface area contributed by atoms with Crippen molar-refractivity contribution in [3.63, 3.8) is 0 Å². The molecule has 0 radical (unpaired) electrons. The highest BCUT2D eigenvalue weighted by molar-refractivity contribution is 5.88. The number of benzene rings is 1. The van der Waals surface area contributed by atoms with Crippen molar-refractivity contribution in [2.45, 2.75) is 0 Å². The fourth-order valence-corrected chi connectivity index (χ4v) is 1.16. The lowest BCUT2D eigenvalue weighted by molar-refractivity contribution is 0.0697. The average Bonchev–Trinajstić information content (AvgIpc) is 2.65. The highest BCUT2D eigenvalue weighted by Crippen LogP contribution is 2.14. The molecule has 6 nitrogen and oxygen atoms in total. The van der Waals surface area contributed by atoms with E-state index in [0.29, 0.717) is 5.82 Å². The van der Waals surface area contributed by atoms with Gasteiger partial charge >= 0.3 is 5.97 Å². The predicted molar refractivity (Wildman–Crippen MR) is 51.2 cm³/mol. The fourth-order valence-electron chi connectivity index (χ4n) is 1.16. The minimum Gasteiger partial charge on any atom is -0.478 e. The van der Waals surface area contributed by atoms with Crippen molar-refractivity contribution < 1.29 is 9.90 Å². The molecule has 0 spiro atoms. The molecule has 1 aromatic carbocycles. The molecule has 1 N–H and O–H groups in total. The third-order valence-corrected chi connectivity index (χ3v) is 1.90. The standard InChI is InChI=1S/C9H8N4O2/c1-13-11-8(10-12-13)6-2-4-7(5-3-6)9(14)15/h2-5H,1H3,(H,14,15). The van der Waals surface area contributed by atoms with Crippen molar-refractivity contribution >= 4 is 5.97 Å². The molecule has 0 saturated carbocycles. The molecular weight excluding hydrogens is 196 g/mol. The number of carbonyl (C=O) groups is 1. The molecule has 0 aliphatic rings. The molecule has 6 heteroatoms. The Balaban J connectivity index is 2.35. The molecular formula is C9H8N4O2. The molecule has 2 rings (SSSR count). The van der Waals surface area contributed by atoms with Gasteiger partial charge < -0.3 is 5.11 Å². The second-order valence-corrected chi connectivity index (χ2v) is 2.98. The zero-order chi connectivity index (χ0) is 10.8. The Labute approximate surface area is 85.2 Å². The molecule has 0 aliphatic carbocycles. The van der Waals surface area contributed by atoms with Gasteiger partial charge in [-0.05, 0) is 17.3 Å². The summed E-state index contributed by atoms with van der Waals surface area (Å²) in [6.07, 6.45) is 0. The second-order valence-electron chi connectivity index (χ2n) is 2.98. The molecule has 0 atom stereocenters. The average molecular weight is 204 g/mol. The lowest BCUT2D eigenvalue weighted by atomic mass is 10.1. The van der Waals surface area contributed by atoms with E-state index in [9.17, 15) is 4.79 Å². The van der Waals surface area contributed by atoms with Gasteiger partial charge in [-0.1, -0.05) is 12.1 Å². The Kier molecular flexibility index (Phi) is 2.17. The summed E-state index contributed by atoms with van der Waals surface area (Å²) in [7, 11) is 1.67. The van der Waals surface area contributed by atoms with Crippen LogP contribution in [0.15, 0.2) is 24.3 Å². The van der Waals surface area contributed by atoms with Gasteiger partial charge in [0.2, 0.25) is 5.82 Å². The van der Waals surface area contributed by atoms with Crippen LogP contribution in [-0.4, -0.2) is 31.3 Å². The smallest absolute Gasteiger partial charge is 0.335 e. The highest BCUT2D eigenvalue weighted by Gasteiger charge is 2.06. The van der Waals surface area contributed by atoms with Gasteiger partial charge in [0.15, 0.2) is 0 Å². The number of hydrogen-bond donors (Lipinski definition) is 1. The van der Waals surface area contributed by atoms with Crippen LogP contribution in [0.3, 0.4) is 0 Å². The molecule has 15 heavy (non-hydrogen) atoms. The summed E-state index contributed by atoms with van der Waals surface area (Å²) in [6, 6.07) is 6.32. The summed E-state index contributed by atoms with van der Waals surface area (Å²) in [5.41, 5.74) is 0.982. The lowest BCUT2D eigenvalue weighted by Crippen LogP contribution is -1.95. The van der Waals surface area contributed by atoms with Crippen LogP contribution < -0.4 is 0 Å². The van der Waals surface area contributed by atoms with Crippen LogP contribution in [0.25, 0.3) is 11.4 Å². The number of tetrazole rings is 1. The molecule has 1 heterocycles. The second kappa shape index (κ2) is 3.49. The normalized spacial score (nSPS) is 10.2. The highest BCUT2D eigenvalue weighted by atomic mass is 16.4. The number of aromatic nitrogens is 4. The van der Waals surface area contributed by atoms with Crippen LogP contribution >= 0.6 is 0 Å². The molecule has 1 aromatic heterocycles. The molecule has 0 unspecified atom stereocenters. The quantitative estimate of drug-likeness (QED) is 0.773. The molecule has 0 saturated heterocycles. The molecule has 2 aromatic rings. The maximum atomic E-state index is 10.6. The molecule has 76 valence electrons. The first-order chi connectivity index (χ1) is 7.16. The molecule has 0 bridgehead atoms. The first kappa shape index (κ1) is 9.32. The first-order valence-electron chi connectivity index (χ1n) is 4.24. The van der Waals surface area contributed by atoms with E-state index in [0.717, 1.165) is 5.56 Å². The zero-order valence-corrected chi connectivity index (χ0v) is 7.95. The number of aromatic carboxylic acids is 1. The van der Waals surface area contributed by atoms with E-state index >= 15 is 0 Å². The van der Waals surface area contributed by atoms with Gasteiger partial charge in [0.05, 0.1) is 12.6 Å². The monoisotopic (exact) mass is 204 g/mol. The van der Waals surface area contributed by atoms with E-state index in [1.165, 1.54) is 16.9 Å². The van der Waals surface area contributed by atoms with E-state index in [2.05, 4.69) is 15.4 Å². The third kappa shape index (κ3) is 1.83. The molecule has 0 aliphatic heterocycles. The zero-order valence-electron chi connectivity index (χ0n) is 7.95. The van der Waals surface area contributed by atoms with Gasteiger partial charge in [0.25, 0.3) is 0 Å². The number of aryl methyl sites for hydroxylation is 1. The number of nitrogens with zero attached hydrogens (tertiary/aromatic N) is 4. The summed E-state index contributed by atoms with van der Waals surface area (Å²) in [4.78, 5) is 12.0. The van der Waals surface area contributed by atoms with E-state index in [1.54, 1.807) is 19.2 Å². The molecule has 0 amide bonds.